The number of halogens is 1. The van der Waals surface area contributed by atoms with E-state index in [0.29, 0.717) is 0 Å². The molecule has 0 bridgehead atoms. The molecule has 0 aromatic rings. The van der Waals surface area contributed by atoms with E-state index in [2.05, 4.69) is 0 Å². The summed E-state index contributed by atoms with van der Waals surface area (Å²) in [6.45, 7) is 0. The maximum absolute atomic E-state index is 9.43. The van der Waals surface area contributed by atoms with Crippen LogP contribution in [0.15, 0.2) is 11.6 Å². The normalized spacial score (nSPS) is 8.14. The summed E-state index contributed by atoms with van der Waals surface area (Å²) in [5, 5.41) is 7.74. The van der Waals surface area contributed by atoms with Crippen molar-refractivity contribution < 1.29 is 32.3 Å². The smallest absolute Gasteiger partial charge is 0.329 e. The second-order valence-electron chi connectivity index (χ2n) is 0.631. The van der Waals surface area contributed by atoms with E-state index in [1.54, 1.807) is 0 Å². The second-order valence-corrected chi connectivity index (χ2v) is 0.883. The van der Waals surface area contributed by atoms with E-state index in [0.717, 1.165) is 11.6 Å². The summed E-state index contributed by atoms with van der Waals surface area (Å²) in [5.41, 5.74) is 0.947. The first-order valence-electron chi connectivity index (χ1n) is 1.27. The van der Waals surface area contributed by atoms with Crippen LogP contribution in [-0.2, 0) is 27.2 Å². The minimum absolute atomic E-state index is 0. The van der Waals surface area contributed by atoms with E-state index < -0.39 is 5.97 Å². The molecule has 1 N–H and O–H groups in total. The van der Waals surface area contributed by atoms with Crippen molar-refractivity contribution >= 4 is 17.6 Å². The van der Waals surface area contributed by atoms with Crippen molar-refractivity contribution in [3.05, 3.63) is 11.6 Å². The van der Waals surface area contributed by atoms with Gasteiger partial charge in [0, 0.05) is 34.0 Å². The van der Waals surface area contributed by atoms with Gasteiger partial charge in [-0.3, -0.25) is 0 Å². The molecule has 0 aliphatic carbocycles. The summed E-state index contributed by atoms with van der Waals surface area (Å²) in [6.07, 6.45) is 0.849. The van der Waals surface area contributed by atoms with E-state index in [9.17, 15) is 4.79 Å². The monoisotopic (exact) mass is 213 g/mol. The third-order valence-electron chi connectivity index (χ3n) is 0.206. The third-order valence-corrected chi connectivity index (χ3v) is 0.332. The average Bonchev–Trinajstić information content (AvgIpc) is 1.35. The zero-order chi connectivity index (χ0) is 4.99. The van der Waals surface area contributed by atoms with Gasteiger partial charge in [0.05, 0.1) is 0 Å². The number of carbonyl (C=O) groups is 1. The zero-order valence-electron chi connectivity index (χ0n) is 3.19. The van der Waals surface area contributed by atoms with Crippen LogP contribution in [0, 0.1) is 0 Å². The number of hydrogen-bond acceptors (Lipinski definition) is 1. The molecule has 0 aromatic carbocycles. The maximum atomic E-state index is 9.43. The molecule has 0 rings (SSSR count). The minimum Gasteiger partial charge on any atom is -0.478 e. The van der Waals surface area contributed by atoms with Gasteiger partial charge in [0.2, 0.25) is 0 Å². The molecule has 0 fully saturated rings. The van der Waals surface area contributed by atoms with Gasteiger partial charge in [-0.1, -0.05) is 11.6 Å². The van der Waals surface area contributed by atoms with Crippen LogP contribution in [0.25, 0.3) is 0 Å². The van der Waals surface area contributed by atoms with Gasteiger partial charge in [-0.25, -0.2) is 4.79 Å². The Balaban J connectivity index is 0. The number of carboxylic acid groups (broad SMARTS) is 1. The van der Waals surface area contributed by atoms with Gasteiger partial charge >= 0.3 is 5.97 Å². The number of carboxylic acids is 1. The Morgan fingerprint density at radius 2 is 2.14 bits per heavy atom. The third kappa shape index (κ3) is 10.7. The quantitative estimate of drug-likeness (QED) is 0.518. The van der Waals surface area contributed by atoms with Crippen LogP contribution in [0.1, 0.15) is 0 Å². The minimum atomic E-state index is -1.02. The fourth-order valence-electron chi connectivity index (χ4n) is 0.0539. The largest absolute Gasteiger partial charge is 0.478 e. The molecule has 0 heterocycles. The number of rotatable bonds is 1. The van der Waals surface area contributed by atoms with Crippen LogP contribution < -0.4 is 0 Å². The Labute approximate surface area is 61.7 Å². The molecular weight excluding hydrogens is 211 g/mol. The summed E-state index contributed by atoms with van der Waals surface area (Å²) >= 11 is 4.84. The van der Waals surface area contributed by atoms with Crippen molar-refractivity contribution in [3.8, 4) is 0 Å². The van der Waals surface area contributed by atoms with Crippen LogP contribution in [0.5, 0.6) is 0 Å². The molecule has 0 amide bonds. The van der Waals surface area contributed by atoms with Crippen molar-refractivity contribution in [1.29, 1.82) is 0 Å². The molecule has 0 unspecified atom stereocenters. The van der Waals surface area contributed by atoms with Crippen molar-refractivity contribution in [2.24, 2.45) is 0 Å². The molecule has 7 heavy (non-hydrogen) atoms. The molecule has 0 atom stereocenters. The predicted octanol–water partition coefficient (Wildman–Crippen LogP) is 0.821. The van der Waals surface area contributed by atoms with Crippen LogP contribution in [0.3, 0.4) is 0 Å². The first-order chi connectivity index (χ1) is 2.77. The first kappa shape index (κ1) is 10.3. The molecular formula is C3H3AgClO2. The summed E-state index contributed by atoms with van der Waals surface area (Å²) in [4.78, 5) is 9.43. The molecule has 0 saturated heterocycles. The van der Waals surface area contributed by atoms with Gasteiger partial charge in [-0.05, 0) is 0 Å². The summed E-state index contributed by atoms with van der Waals surface area (Å²) in [6, 6.07) is 0. The standard InChI is InChI=1S/C3H3ClO2.Ag/c4-2-1-3(5)6;/h1-2H,(H,5,6);. The van der Waals surface area contributed by atoms with Gasteiger partial charge in [0.15, 0.2) is 0 Å². The van der Waals surface area contributed by atoms with Gasteiger partial charge in [-0.2, -0.15) is 0 Å². The first-order valence-corrected chi connectivity index (χ1v) is 1.70. The Bertz CT molecular complexity index is 81.0. The van der Waals surface area contributed by atoms with Crippen LogP contribution in [0.2, 0.25) is 0 Å². The van der Waals surface area contributed by atoms with E-state index >= 15 is 0 Å². The van der Waals surface area contributed by atoms with Crippen LogP contribution in [0.4, 0.5) is 0 Å². The molecule has 4 heteroatoms. The van der Waals surface area contributed by atoms with Gasteiger partial charge in [-0.15, -0.1) is 0 Å². The topological polar surface area (TPSA) is 37.3 Å². The Hall–Kier alpha value is 0.240. The molecule has 2 nitrogen and oxygen atoms in total. The number of aliphatic carboxylic acids is 1. The average molecular weight is 214 g/mol. The molecule has 0 aliphatic rings. The number of hydrogen-bond donors (Lipinski definition) is 1. The fraction of sp³-hybridized carbons (Fsp3) is 0. The fourth-order valence-corrected chi connectivity index (χ4v) is 0.162. The van der Waals surface area contributed by atoms with Crippen LogP contribution in [-0.4, -0.2) is 11.1 Å². The van der Waals surface area contributed by atoms with Crippen molar-refractivity contribution in [2.45, 2.75) is 0 Å². The Morgan fingerprint density at radius 1 is 1.71 bits per heavy atom. The van der Waals surface area contributed by atoms with Gasteiger partial charge < -0.3 is 5.11 Å². The maximum Gasteiger partial charge on any atom is 0.329 e. The van der Waals surface area contributed by atoms with Crippen LogP contribution >= 0.6 is 11.6 Å². The van der Waals surface area contributed by atoms with E-state index in [-0.39, 0.29) is 22.4 Å². The SMILES string of the molecule is O=C(O)C=CCl.[Ag]. The Morgan fingerprint density at radius 3 is 2.14 bits per heavy atom. The molecule has 0 aromatic heterocycles. The summed E-state index contributed by atoms with van der Waals surface area (Å²) in [7, 11) is 0. The van der Waals surface area contributed by atoms with Crippen molar-refractivity contribution in [1.82, 2.24) is 0 Å². The van der Waals surface area contributed by atoms with E-state index in [4.69, 9.17) is 16.7 Å². The molecule has 0 spiro atoms. The Kier molecular flexibility index (Phi) is 9.15. The summed E-state index contributed by atoms with van der Waals surface area (Å²) in [5.74, 6) is -1.02. The predicted molar refractivity (Wildman–Crippen MR) is 22.6 cm³/mol. The van der Waals surface area contributed by atoms with E-state index in [1.807, 2.05) is 0 Å². The summed E-state index contributed by atoms with van der Waals surface area (Å²) < 4.78 is 0. The molecule has 0 aliphatic heterocycles. The van der Waals surface area contributed by atoms with Gasteiger partial charge in [0.1, 0.15) is 0 Å². The van der Waals surface area contributed by atoms with Crippen molar-refractivity contribution in [2.75, 3.05) is 0 Å². The molecule has 0 saturated carbocycles. The van der Waals surface area contributed by atoms with E-state index in [1.165, 1.54) is 0 Å². The second kappa shape index (κ2) is 6.24. The van der Waals surface area contributed by atoms with Crippen molar-refractivity contribution in [3.63, 3.8) is 0 Å². The zero-order valence-corrected chi connectivity index (χ0v) is 5.43. The van der Waals surface area contributed by atoms with Gasteiger partial charge in [0.25, 0.3) is 0 Å². The molecule has 1 radical (unpaired) electrons. The molecule has 45 valence electrons.